The minimum absolute atomic E-state index is 0.0786. The van der Waals surface area contributed by atoms with Crippen molar-refractivity contribution in [2.75, 3.05) is 51.0 Å². The molecule has 3 aromatic carbocycles. The molecule has 210 valence electrons. The Balaban J connectivity index is 1.30. The lowest BCUT2D eigenvalue weighted by atomic mass is 9.86. The SMILES string of the molecule is COc1cc2nc(N3CCN(S(=O)(=O)c4ccc(-c5ccc(C(C)(C)C)cc5)cc4)CC3)nc(N)c2cc1OC. The lowest BCUT2D eigenvalue weighted by Crippen LogP contribution is -2.49. The van der Waals surface area contributed by atoms with Crippen molar-refractivity contribution in [2.45, 2.75) is 31.1 Å². The highest BCUT2D eigenvalue weighted by atomic mass is 32.2. The predicted octanol–water partition coefficient (Wildman–Crippen LogP) is 4.70. The van der Waals surface area contributed by atoms with E-state index in [0.29, 0.717) is 60.3 Å². The van der Waals surface area contributed by atoms with Crippen molar-refractivity contribution in [3.8, 4) is 22.6 Å². The van der Waals surface area contributed by atoms with Gasteiger partial charge in [0.15, 0.2) is 11.5 Å². The first-order valence-corrected chi connectivity index (χ1v) is 14.6. The van der Waals surface area contributed by atoms with Crippen molar-refractivity contribution >= 4 is 32.7 Å². The molecule has 0 aliphatic carbocycles. The van der Waals surface area contributed by atoms with Gasteiger partial charge in [0, 0.05) is 37.6 Å². The van der Waals surface area contributed by atoms with Crippen LogP contribution in [-0.4, -0.2) is 63.1 Å². The molecule has 0 bridgehead atoms. The molecule has 0 spiro atoms. The Morgan fingerprint density at radius 1 is 0.800 bits per heavy atom. The lowest BCUT2D eigenvalue weighted by molar-refractivity contribution is 0.356. The van der Waals surface area contributed by atoms with Gasteiger partial charge in [-0.25, -0.2) is 13.4 Å². The molecule has 9 nitrogen and oxygen atoms in total. The minimum atomic E-state index is -3.64. The van der Waals surface area contributed by atoms with E-state index in [-0.39, 0.29) is 10.3 Å². The molecule has 40 heavy (non-hydrogen) atoms. The van der Waals surface area contributed by atoms with E-state index in [4.69, 9.17) is 15.2 Å². The average molecular weight is 562 g/mol. The predicted molar refractivity (Wildman–Crippen MR) is 159 cm³/mol. The number of hydrogen-bond acceptors (Lipinski definition) is 8. The third-order valence-electron chi connectivity index (χ3n) is 7.32. The van der Waals surface area contributed by atoms with Crippen LogP contribution in [-0.2, 0) is 15.4 Å². The molecule has 0 atom stereocenters. The maximum atomic E-state index is 13.4. The number of ether oxygens (including phenoxy) is 2. The second kappa shape index (κ2) is 10.6. The fourth-order valence-corrected chi connectivity index (χ4v) is 6.29. The fourth-order valence-electron chi connectivity index (χ4n) is 4.87. The molecule has 1 aromatic heterocycles. The van der Waals surface area contributed by atoms with E-state index in [1.54, 1.807) is 38.5 Å². The number of rotatable bonds is 6. The molecule has 5 rings (SSSR count). The summed E-state index contributed by atoms with van der Waals surface area (Å²) in [5.41, 5.74) is 10.2. The van der Waals surface area contributed by atoms with Crippen molar-refractivity contribution in [3.05, 3.63) is 66.2 Å². The van der Waals surface area contributed by atoms with Crippen LogP contribution >= 0.6 is 0 Å². The summed E-state index contributed by atoms with van der Waals surface area (Å²) in [7, 11) is -0.521. The zero-order valence-electron chi connectivity index (χ0n) is 23.5. The Morgan fingerprint density at radius 2 is 1.35 bits per heavy atom. The largest absolute Gasteiger partial charge is 0.493 e. The van der Waals surface area contributed by atoms with E-state index in [1.165, 1.54) is 9.87 Å². The number of nitrogen functional groups attached to an aromatic ring is 1. The lowest BCUT2D eigenvalue weighted by Gasteiger charge is -2.34. The van der Waals surface area contributed by atoms with Gasteiger partial charge >= 0.3 is 0 Å². The summed E-state index contributed by atoms with van der Waals surface area (Å²) >= 11 is 0. The highest BCUT2D eigenvalue weighted by Crippen LogP contribution is 2.34. The summed E-state index contributed by atoms with van der Waals surface area (Å²) in [4.78, 5) is 11.4. The Kier molecular flexibility index (Phi) is 7.32. The molecule has 0 amide bonds. The Morgan fingerprint density at radius 3 is 1.90 bits per heavy atom. The van der Waals surface area contributed by atoms with Crippen molar-refractivity contribution < 1.29 is 17.9 Å². The number of aromatic nitrogens is 2. The van der Waals surface area contributed by atoms with Gasteiger partial charge in [0.05, 0.1) is 24.6 Å². The molecule has 1 fully saturated rings. The number of methoxy groups -OCH3 is 2. The summed E-state index contributed by atoms with van der Waals surface area (Å²) < 4.78 is 39.1. The van der Waals surface area contributed by atoms with Crippen LogP contribution in [0, 0.1) is 0 Å². The van der Waals surface area contributed by atoms with Crippen molar-refractivity contribution in [3.63, 3.8) is 0 Å². The number of nitrogens with two attached hydrogens (primary N) is 1. The van der Waals surface area contributed by atoms with Crippen molar-refractivity contribution in [1.29, 1.82) is 0 Å². The van der Waals surface area contributed by atoms with E-state index >= 15 is 0 Å². The average Bonchev–Trinajstić information content (AvgIpc) is 2.96. The summed E-state index contributed by atoms with van der Waals surface area (Å²) in [5, 5.41) is 0.663. The topological polar surface area (TPSA) is 111 Å². The molecule has 1 aliphatic heterocycles. The first kappa shape index (κ1) is 27.7. The summed E-state index contributed by atoms with van der Waals surface area (Å²) in [6, 6.07) is 19.0. The summed E-state index contributed by atoms with van der Waals surface area (Å²) in [5.74, 6) is 1.87. The number of fused-ring (bicyclic) bond motifs is 1. The van der Waals surface area contributed by atoms with Crippen LogP contribution in [0.3, 0.4) is 0 Å². The van der Waals surface area contributed by atoms with Crippen molar-refractivity contribution in [1.82, 2.24) is 14.3 Å². The number of hydrogen-bond donors (Lipinski definition) is 1. The molecule has 0 saturated carbocycles. The Hall–Kier alpha value is -3.89. The van der Waals surface area contributed by atoms with Gasteiger partial charge in [0.2, 0.25) is 16.0 Å². The molecular formula is C30H35N5O4S. The normalized spacial score (nSPS) is 14.9. The van der Waals surface area contributed by atoms with Crippen LogP contribution < -0.4 is 20.1 Å². The number of benzene rings is 3. The molecule has 1 aliphatic rings. The number of piperazine rings is 1. The maximum Gasteiger partial charge on any atom is 0.243 e. The third-order valence-corrected chi connectivity index (χ3v) is 9.23. The second-order valence-corrected chi connectivity index (χ2v) is 12.8. The van der Waals surface area contributed by atoms with Gasteiger partial charge < -0.3 is 20.1 Å². The Bertz CT molecular complexity index is 1620. The van der Waals surface area contributed by atoms with Gasteiger partial charge in [-0.2, -0.15) is 9.29 Å². The van der Waals surface area contributed by atoms with Gasteiger partial charge in [-0.05, 0) is 40.3 Å². The Labute approximate surface area is 235 Å². The van der Waals surface area contributed by atoms with Crippen molar-refractivity contribution in [2.24, 2.45) is 0 Å². The summed E-state index contributed by atoms with van der Waals surface area (Å²) in [6.07, 6.45) is 0. The van der Waals surface area contributed by atoms with Crippen LogP contribution in [0.1, 0.15) is 26.3 Å². The van der Waals surface area contributed by atoms with E-state index in [9.17, 15) is 8.42 Å². The van der Waals surface area contributed by atoms with Crippen LogP contribution in [0.4, 0.5) is 11.8 Å². The maximum absolute atomic E-state index is 13.4. The molecule has 2 heterocycles. The minimum Gasteiger partial charge on any atom is -0.493 e. The first-order chi connectivity index (χ1) is 19.0. The van der Waals surface area contributed by atoms with Gasteiger partial charge in [-0.3, -0.25) is 0 Å². The molecular weight excluding hydrogens is 526 g/mol. The van der Waals surface area contributed by atoms with E-state index in [2.05, 4.69) is 55.0 Å². The zero-order valence-corrected chi connectivity index (χ0v) is 24.3. The molecule has 0 unspecified atom stereocenters. The highest BCUT2D eigenvalue weighted by molar-refractivity contribution is 7.89. The molecule has 10 heteroatoms. The smallest absolute Gasteiger partial charge is 0.243 e. The van der Waals surface area contributed by atoms with Gasteiger partial charge in [-0.1, -0.05) is 57.2 Å². The van der Waals surface area contributed by atoms with E-state index < -0.39 is 10.0 Å². The first-order valence-electron chi connectivity index (χ1n) is 13.2. The van der Waals surface area contributed by atoms with Crippen LogP contribution in [0.15, 0.2) is 65.6 Å². The van der Waals surface area contributed by atoms with E-state index in [0.717, 1.165) is 11.1 Å². The molecule has 1 saturated heterocycles. The van der Waals surface area contributed by atoms with Gasteiger partial charge in [0.1, 0.15) is 5.82 Å². The van der Waals surface area contributed by atoms with Gasteiger partial charge in [-0.15, -0.1) is 0 Å². The second-order valence-electron chi connectivity index (χ2n) is 10.9. The zero-order chi connectivity index (χ0) is 28.7. The highest BCUT2D eigenvalue weighted by Gasteiger charge is 2.30. The van der Waals surface area contributed by atoms with Crippen LogP contribution in [0.2, 0.25) is 0 Å². The standard InChI is InChI=1S/C30H35N5O4S/c1-30(2,3)22-10-6-20(7-11-22)21-8-12-23(13-9-21)40(36,37)35-16-14-34(15-17-35)29-32-25-19-27(39-5)26(38-4)18-24(25)28(31)33-29/h6-13,18-19H,14-17H2,1-5H3,(H2,31,32,33). The van der Waals surface area contributed by atoms with Gasteiger partial charge in [0.25, 0.3) is 0 Å². The number of nitrogens with zero attached hydrogens (tertiary/aromatic N) is 4. The summed E-state index contributed by atoms with van der Waals surface area (Å²) in [6.45, 7) is 8.05. The molecule has 0 radical (unpaired) electrons. The fraction of sp³-hybridized carbons (Fsp3) is 0.333. The van der Waals surface area contributed by atoms with Crippen LogP contribution in [0.25, 0.3) is 22.0 Å². The monoisotopic (exact) mass is 561 g/mol. The molecule has 2 N–H and O–H groups in total. The number of sulfonamides is 1. The quantitative estimate of drug-likeness (QED) is 0.361. The third kappa shape index (κ3) is 5.29. The number of anilines is 2. The van der Waals surface area contributed by atoms with E-state index in [1.807, 2.05) is 17.0 Å². The molecule has 4 aromatic rings. The van der Waals surface area contributed by atoms with Crippen LogP contribution in [0.5, 0.6) is 11.5 Å².